The first-order chi connectivity index (χ1) is 19.4. The second kappa shape index (κ2) is 13.6. The molecule has 0 aliphatic heterocycles. The second-order valence-corrected chi connectivity index (χ2v) is 10.4. The van der Waals surface area contributed by atoms with Gasteiger partial charge in [0.05, 0.1) is 13.3 Å². The Morgan fingerprint density at radius 1 is 1.20 bits per heavy atom. The lowest BCUT2D eigenvalue weighted by Gasteiger charge is -2.29. The third-order valence-corrected chi connectivity index (χ3v) is 5.57. The molecule has 0 atom stereocenters. The number of carbonyl (C=O) groups is 2. The predicted molar refractivity (Wildman–Crippen MR) is 154 cm³/mol. The summed E-state index contributed by atoms with van der Waals surface area (Å²) in [5, 5.41) is 8.52. The van der Waals surface area contributed by atoms with E-state index in [0.29, 0.717) is 34.9 Å². The lowest BCUT2D eigenvalue weighted by molar-refractivity contribution is -0.122. The Balaban J connectivity index is 1.78. The van der Waals surface area contributed by atoms with Gasteiger partial charge >= 0.3 is 6.09 Å². The Hall–Kier alpha value is -4.61. The maximum Gasteiger partial charge on any atom is 0.414 e. The monoisotopic (exact) mass is 568 g/mol. The van der Waals surface area contributed by atoms with Gasteiger partial charge in [-0.15, -0.1) is 0 Å². The molecule has 11 nitrogen and oxygen atoms in total. The van der Waals surface area contributed by atoms with Gasteiger partial charge in [0.1, 0.15) is 17.1 Å². The lowest BCUT2D eigenvalue weighted by atomic mass is 10.0. The number of amides is 2. The maximum atomic E-state index is 14.7. The number of benzene rings is 1. The number of hydrogen-bond acceptors (Lipinski definition) is 9. The highest BCUT2D eigenvalue weighted by molar-refractivity contribution is 5.77. The zero-order valence-electron chi connectivity index (χ0n) is 24.4. The van der Waals surface area contributed by atoms with E-state index in [9.17, 15) is 14.0 Å². The van der Waals surface area contributed by atoms with E-state index in [-0.39, 0.29) is 30.3 Å². The van der Waals surface area contributed by atoms with E-state index >= 15 is 0 Å². The minimum atomic E-state index is -0.655. The molecule has 0 unspecified atom stereocenters. The van der Waals surface area contributed by atoms with Crippen molar-refractivity contribution in [3.05, 3.63) is 71.7 Å². The molecule has 0 saturated heterocycles. The average Bonchev–Trinajstić information content (AvgIpc) is 2.91. The molecule has 0 spiro atoms. The first-order valence-electron chi connectivity index (χ1n) is 13.1. The highest BCUT2D eigenvalue weighted by Gasteiger charge is 2.25. The molecule has 1 aliphatic rings. The molecule has 12 heteroatoms. The van der Waals surface area contributed by atoms with Crippen LogP contribution in [0.1, 0.15) is 41.0 Å². The fraction of sp³-hybridized carbons (Fsp3) is 0.379. The van der Waals surface area contributed by atoms with Crippen LogP contribution in [0.3, 0.4) is 0 Å². The second-order valence-electron chi connectivity index (χ2n) is 10.4. The third kappa shape index (κ3) is 9.23. The number of aromatic nitrogens is 2. The van der Waals surface area contributed by atoms with Gasteiger partial charge in [-0.1, -0.05) is 6.07 Å². The highest BCUT2D eigenvalue weighted by atomic mass is 19.1. The van der Waals surface area contributed by atoms with Crippen molar-refractivity contribution >= 4 is 29.5 Å². The van der Waals surface area contributed by atoms with Gasteiger partial charge in [0.2, 0.25) is 5.95 Å². The van der Waals surface area contributed by atoms with Gasteiger partial charge in [0.15, 0.2) is 18.2 Å². The molecule has 3 N–H and O–H groups in total. The van der Waals surface area contributed by atoms with Crippen LogP contribution >= 0.6 is 0 Å². The number of allylic oxidation sites excluding steroid dienone is 4. The first-order valence-corrected chi connectivity index (χ1v) is 13.1. The minimum Gasteiger partial charge on any atom is -0.496 e. The lowest BCUT2D eigenvalue weighted by Crippen LogP contribution is -2.38. The quantitative estimate of drug-likeness (QED) is 0.352. The fourth-order valence-electron chi connectivity index (χ4n) is 3.60. The van der Waals surface area contributed by atoms with Gasteiger partial charge in [0, 0.05) is 48.7 Å². The zero-order valence-corrected chi connectivity index (χ0v) is 24.4. The Labute approximate surface area is 239 Å². The summed E-state index contributed by atoms with van der Waals surface area (Å²) < 4.78 is 31.3. The summed E-state index contributed by atoms with van der Waals surface area (Å²) in [5.41, 5.74) is 1.25. The van der Waals surface area contributed by atoms with Crippen molar-refractivity contribution in [2.75, 3.05) is 31.4 Å². The topological polar surface area (TPSA) is 127 Å². The van der Waals surface area contributed by atoms with Crippen molar-refractivity contribution in [2.24, 2.45) is 0 Å². The third-order valence-electron chi connectivity index (χ3n) is 5.57. The van der Waals surface area contributed by atoms with Crippen LogP contribution in [0.4, 0.5) is 26.6 Å². The van der Waals surface area contributed by atoms with Crippen LogP contribution in [0.25, 0.3) is 0 Å². The van der Waals surface area contributed by atoms with Crippen molar-refractivity contribution in [3.8, 4) is 5.75 Å². The number of nitrogens with zero attached hydrogens (tertiary/aromatic N) is 3. The Morgan fingerprint density at radius 3 is 2.61 bits per heavy atom. The van der Waals surface area contributed by atoms with Crippen LogP contribution in [-0.2, 0) is 14.3 Å². The predicted octanol–water partition coefficient (Wildman–Crippen LogP) is 5.24. The number of ether oxygens (including phenoxy) is 3. The molecular weight excluding hydrogens is 531 g/mol. The van der Waals surface area contributed by atoms with Gasteiger partial charge in [0.25, 0.3) is 5.91 Å². The van der Waals surface area contributed by atoms with Crippen molar-refractivity contribution in [2.45, 2.75) is 52.7 Å². The number of nitrogens with one attached hydrogen (secondary N) is 3. The van der Waals surface area contributed by atoms with Crippen molar-refractivity contribution < 1.29 is 28.2 Å². The highest BCUT2D eigenvalue weighted by Crippen LogP contribution is 2.29. The van der Waals surface area contributed by atoms with Crippen LogP contribution in [-0.4, -0.2) is 59.3 Å². The summed E-state index contributed by atoms with van der Waals surface area (Å²) in [6, 6.07) is 6.69. The molecule has 1 aliphatic carbocycles. The molecule has 0 radical (unpaired) electrons. The SMILES string of the molecule is CNC(=O)COc1cccc(Nc2ncc(F)c(NC3=CC=C(OC)C(=CN(C(=O)OC(C)(C)C)C(C)C)C3)n2)c1. The van der Waals surface area contributed by atoms with Gasteiger partial charge in [-0.25, -0.2) is 14.2 Å². The number of hydrogen-bond donors (Lipinski definition) is 3. The maximum absolute atomic E-state index is 14.7. The van der Waals surface area contributed by atoms with Crippen molar-refractivity contribution in [1.82, 2.24) is 20.2 Å². The number of halogens is 1. The Morgan fingerprint density at radius 2 is 1.95 bits per heavy atom. The van der Waals surface area contributed by atoms with E-state index in [1.807, 2.05) is 13.8 Å². The summed E-state index contributed by atoms with van der Waals surface area (Å²) in [5.74, 6) is 0.229. The Bertz CT molecular complexity index is 1350. The summed E-state index contributed by atoms with van der Waals surface area (Å²) in [4.78, 5) is 34.1. The standard InChI is InChI=1S/C29H37FN6O5/c1-18(2)36(28(38)41-29(3,4)5)16-19-13-21(11-12-24(19)39-7)33-26-23(30)15-32-27(35-26)34-20-9-8-10-22(14-20)40-17-25(37)31-6/h8-12,14-16,18H,13,17H2,1-7H3,(H,31,37)(H2,32,33,34,35). The van der Waals surface area contributed by atoms with Gasteiger partial charge in [-0.2, -0.15) is 4.98 Å². The summed E-state index contributed by atoms with van der Waals surface area (Å²) >= 11 is 0. The van der Waals surface area contributed by atoms with Crippen LogP contribution in [0, 0.1) is 5.82 Å². The number of anilines is 3. The largest absolute Gasteiger partial charge is 0.496 e. The number of rotatable bonds is 10. The smallest absolute Gasteiger partial charge is 0.414 e. The molecule has 2 amide bonds. The van der Waals surface area contributed by atoms with Gasteiger partial charge in [-0.05, 0) is 58.9 Å². The van der Waals surface area contributed by atoms with Crippen molar-refractivity contribution in [1.29, 1.82) is 0 Å². The molecule has 1 aromatic carbocycles. The minimum absolute atomic E-state index is 0.0396. The molecule has 1 aromatic heterocycles. The van der Waals surface area contributed by atoms with E-state index in [1.54, 1.807) is 70.5 Å². The van der Waals surface area contributed by atoms with E-state index in [1.165, 1.54) is 11.9 Å². The van der Waals surface area contributed by atoms with Crippen LogP contribution in [0.2, 0.25) is 0 Å². The molecule has 220 valence electrons. The van der Waals surface area contributed by atoms with Crippen molar-refractivity contribution in [3.63, 3.8) is 0 Å². The van der Waals surface area contributed by atoms with Gasteiger partial charge in [-0.3, -0.25) is 9.69 Å². The molecular formula is C29H37FN6O5. The first kappa shape index (κ1) is 30.9. The van der Waals surface area contributed by atoms with Gasteiger partial charge < -0.3 is 30.2 Å². The summed E-state index contributed by atoms with van der Waals surface area (Å²) in [6.07, 6.45) is 6.05. The van der Waals surface area contributed by atoms with E-state index < -0.39 is 17.5 Å². The molecule has 41 heavy (non-hydrogen) atoms. The zero-order chi connectivity index (χ0) is 30.2. The van der Waals surface area contributed by atoms with Crippen LogP contribution in [0.15, 0.2) is 65.8 Å². The fourth-order valence-corrected chi connectivity index (χ4v) is 3.60. The molecule has 1 heterocycles. The van der Waals surface area contributed by atoms with Crippen LogP contribution in [0.5, 0.6) is 5.75 Å². The molecule has 2 aromatic rings. The molecule has 0 saturated carbocycles. The molecule has 0 bridgehead atoms. The number of likely N-dealkylation sites (N-methyl/N-ethyl adjacent to an activating group) is 1. The van der Waals surface area contributed by atoms with E-state index in [0.717, 1.165) is 6.20 Å². The number of carbonyl (C=O) groups excluding carboxylic acids is 2. The number of methoxy groups -OCH3 is 1. The van der Waals surface area contributed by atoms with Crippen LogP contribution < -0.4 is 20.7 Å². The molecule has 0 fully saturated rings. The summed E-state index contributed by atoms with van der Waals surface area (Å²) in [6.45, 7) is 9.05. The van der Waals surface area contributed by atoms with E-state index in [4.69, 9.17) is 14.2 Å². The van der Waals surface area contributed by atoms with E-state index in [2.05, 4.69) is 25.9 Å². The Kier molecular flexibility index (Phi) is 10.3. The normalized spacial score (nSPS) is 14.1. The summed E-state index contributed by atoms with van der Waals surface area (Å²) in [7, 11) is 3.07. The molecule has 3 rings (SSSR count). The average molecular weight is 569 g/mol.